The van der Waals surface area contributed by atoms with E-state index in [0.29, 0.717) is 0 Å². The number of nitrogens with zero attached hydrogens (tertiary/aromatic N) is 1. The van der Waals surface area contributed by atoms with E-state index >= 15 is 0 Å². The number of aryl methyl sites for hydroxylation is 2. The molecule has 0 bridgehead atoms. The fourth-order valence-corrected chi connectivity index (χ4v) is 2.93. The largest absolute Gasteiger partial charge is 0.294 e. The van der Waals surface area contributed by atoms with Crippen LogP contribution in [0.15, 0.2) is 24.3 Å². The molecule has 0 unspecified atom stereocenters. The summed E-state index contributed by atoms with van der Waals surface area (Å²) >= 11 is 1.50. The first-order valence-corrected chi connectivity index (χ1v) is 7.07. The second kappa shape index (κ2) is 5.44. The van der Waals surface area contributed by atoms with Crippen molar-refractivity contribution in [2.45, 2.75) is 33.6 Å². The average molecular weight is 259 g/mol. The highest BCUT2D eigenvalue weighted by Crippen LogP contribution is 2.29. The molecular formula is C15H17NOS. The molecule has 0 saturated carbocycles. The monoisotopic (exact) mass is 259 g/mol. The normalized spacial score (nSPS) is 10.6. The molecule has 0 N–H and O–H groups in total. The van der Waals surface area contributed by atoms with Crippen LogP contribution in [0.25, 0.3) is 10.6 Å². The SMILES string of the molecule is CCc1ccc(-c2nc(CC)c(C(C)=O)s2)cc1. The Balaban J connectivity index is 2.40. The van der Waals surface area contributed by atoms with Crippen LogP contribution in [0, 0.1) is 0 Å². The maximum absolute atomic E-state index is 11.5. The van der Waals surface area contributed by atoms with E-state index in [-0.39, 0.29) is 5.78 Å². The molecule has 94 valence electrons. The highest BCUT2D eigenvalue weighted by atomic mass is 32.1. The van der Waals surface area contributed by atoms with Crippen LogP contribution >= 0.6 is 11.3 Å². The Kier molecular flexibility index (Phi) is 3.92. The predicted molar refractivity (Wildman–Crippen MR) is 76.3 cm³/mol. The summed E-state index contributed by atoms with van der Waals surface area (Å²) in [6.07, 6.45) is 1.84. The summed E-state index contributed by atoms with van der Waals surface area (Å²) in [5.41, 5.74) is 3.33. The summed E-state index contributed by atoms with van der Waals surface area (Å²) in [5, 5.41) is 0.944. The topological polar surface area (TPSA) is 30.0 Å². The number of hydrogen-bond acceptors (Lipinski definition) is 3. The Hall–Kier alpha value is -1.48. The molecular weight excluding hydrogens is 242 g/mol. The fourth-order valence-electron chi connectivity index (χ4n) is 1.87. The number of carbonyl (C=O) groups is 1. The summed E-state index contributed by atoms with van der Waals surface area (Å²) in [6, 6.07) is 8.41. The van der Waals surface area contributed by atoms with Crippen LogP contribution in [0.3, 0.4) is 0 Å². The van der Waals surface area contributed by atoms with Gasteiger partial charge in [0, 0.05) is 12.5 Å². The van der Waals surface area contributed by atoms with E-state index < -0.39 is 0 Å². The van der Waals surface area contributed by atoms with Gasteiger partial charge in [0.15, 0.2) is 5.78 Å². The minimum absolute atomic E-state index is 0.112. The summed E-state index contributed by atoms with van der Waals surface area (Å²) in [7, 11) is 0. The van der Waals surface area contributed by atoms with Crippen molar-refractivity contribution in [1.29, 1.82) is 0 Å². The van der Waals surface area contributed by atoms with E-state index in [0.717, 1.165) is 34.0 Å². The maximum atomic E-state index is 11.5. The van der Waals surface area contributed by atoms with E-state index in [1.54, 1.807) is 6.92 Å². The van der Waals surface area contributed by atoms with Crippen LogP contribution in [0.1, 0.15) is 41.7 Å². The van der Waals surface area contributed by atoms with Crippen molar-refractivity contribution < 1.29 is 4.79 Å². The zero-order valence-electron chi connectivity index (χ0n) is 11.0. The van der Waals surface area contributed by atoms with Gasteiger partial charge < -0.3 is 0 Å². The Morgan fingerprint density at radius 3 is 2.28 bits per heavy atom. The third-order valence-electron chi connectivity index (χ3n) is 2.96. The lowest BCUT2D eigenvalue weighted by Gasteiger charge is -1.98. The van der Waals surface area contributed by atoms with Gasteiger partial charge >= 0.3 is 0 Å². The molecule has 0 radical (unpaired) electrons. The molecule has 2 rings (SSSR count). The van der Waals surface area contributed by atoms with Crippen LogP contribution in [-0.4, -0.2) is 10.8 Å². The Labute approximate surface area is 112 Å². The van der Waals surface area contributed by atoms with Gasteiger partial charge in [0.25, 0.3) is 0 Å². The van der Waals surface area contributed by atoms with Crippen LogP contribution in [0.2, 0.25) is 0 Å². The lowest BCUT2D eigenvalue weighted by atomic mass is 10.1. The lowest BCUT2D eigenvalue weighted by Crippen LogP contribution is -1.93. The standard InChI is InChI=1S/C15H17NOS/c1-4-11-6-8-12(9-7-11)15-16-13(5-2)14(18-15)10(3)17/h6-9H,4-5H2,1-3H3. The number of rotatable bonds is 4. The first-order valence-electron chi connectivity index (χ1n) is 6.25. The van der Waals surface area contributed by atoms with Crippen molar-refractivity contribution >= 4 is 17.1 Å². The summed E-state index contributed by atoms with van der Waals surface area (Å²) in [6.45, 7) is 5.78. The molecule has 0 spiro atoms. The van der Waals surface area contributed by atoms with Gasteiger partial charge in [-0.15, -0.1) is 11.3 Å². The van der Waals surface area contributed by atoms with Crippen molar-refractivity contribution in [2.24, 2.45) is 0 Å². The molecule has 2 nitrogen and oxygen atoms in total. The second-order valence-corrected chi connectivity index (χ2v) is 5.25. The molecule has 1 heterocycles. The van der Waals surface area contributed by atoms with Gasteiger partial charge in [0.1, 0.15) is 5.01 Å². The predicted octanol–water partition coefficient (Wildman–Crippen LogP) is 4.14. The first kappa shape index (κ1) is 13.0. The number of benzene rings is 1. The van der Waals surface area contributed by atoms with E-state index in [4.69, 9.17) is 0 Å². The van der Waals surface area contributed by atoms with Gasteiger partial charge in [-0.25, -0.2) is 4.98 Å². The van der Waals surface area contributed by atoms with Gasteiger partial charge in [-0.05, 0) is 18.4 Å². The molecule has 0 fully saturated rings. The zero-order valence-corrected chi connectivity index (χ0v) is 11.8. The molecule has 0 aliphatic carbocycles. The molecule has 0 saturated heterocycles. The number of thiazole rings is 1. The average Bonchev–Trinajstić information content (AvgIpc) is 2.83. The van der Waals surface area contributed by atoms with Crippen molar-refractivity contribution in [3.05, 3.63) is 40.4 Å². The minimum Gasteiger partial charge on any atom is -0.294 e. The molecule has 1 aromatic heterocycles. The number of aromatic nitrogens is 1. The summed E-state index contributed by atoms with van der Waals surface area (Å²) in [5.74, 6) is 0.112. The highest BCUT2D eigenvalue weighted by molar-refractivity contribution is 7.17. The van der Waals surface area contributed by atoms with Crippen molar-refractivity contribution in [3.8, 4) is 10.6 Å². The molecule has 2 aromatic rings. The molecule has 0 atom stereocenters. The number of Topliss-reactive ketones (excluding diaryl/α,β-unsaturated/α-hetero) is 1. The molecule has 0 aliphatic heterocycles. The van der Waals surface area contributed by atoms with Crippen LogP contribution in [-0.2, 0) is 12.8 Å². The Bertz CT molecular complexity index is 554. The van der Waals surface area contributed by atoms with Crippen molar-refractivity contribution in [3.63, 3.8) is 0 Å². The van der Waals surface area contributed by atoms with Gasteiger partial charge in [-0.2, -0.15) is 0 Å². The van der Waals surface area contributed by atoms with E-state index in [9.17, 15) is 4.79 Å². The van der Waals surface area contributed by atoms with Crippen LogP contribution < -0.4 is 0 Å². The lowest BCUT2D eigenvalue weighted by molar-refractivity contribution is 0.102. The third kappa shape index (κ3) is 2.51. The van der Waals surface area contributed by atoms with Gasteiger partial charge in [-0.3, -0.25) is 4.79 Å². The molecule has 1 aromatic carbocycles. The maximum Gasteiger partial charge on any atom is 0.171 e. The van der Waals surface area contributed by atoms with Crippen LogP contribution in [0.5, 0.6) is 0 Å². The fraction of sp³-hybridized carbons (Fsp3) is 0.333. The molecule has 18 heavy (non-hydrogen) atoms. The van der Waals surface area contributed by atoms with Gasteiger partial charge in [0.05, 0.1) is 10.6 Å². The van der Waals surface area contributed by atoms with Crippen LogP contribution in [0.4, 0.5) is 0 Å². The zero-order chi connectivity index (χ0) is 13.1. The summed E-state index contributed by atoms with van der Waals surface area (Å²) < 4.78 is 0. The summed E-state index contributed by atoms with van der Waals surface area (Å²) in [4.78, 5) is 16.9. The molecule has 0 amide bonds. The second-order valence-electron chi connectivity index (χ2n) is 4.26. The molecule has 3 heteroatoms. The van der Waals surface area contributed by atoms with Gasteiger partial charge in [0.2, 0.25) is 0 Å². The van der Waals surface area contributed by atoms with Crippen molar-refractivity contribution in [2.75, 3.05) is 0 Å². The molecule has 0 aliphatic rings. The quantitative estimate of drug-likeness (QED) is 0.772. The Morgan fingerprint density at radius 2 is 1.83 bits per heavy atom. The number of hydrogen-bond donors (Lipinski definition) is 0. The van der Waals surface area contributed by atoms with E-state index in [2.05, 4.69) is 36.2 Å². The smallest absolute Gasteiger partial charge is 0.171 e. The highest BCUT2D eigenvalue weighted by Gasteiger charge is 2.14. The number of ketones is 1. The third-order valence-corrected chi connectivity index (χ3v) is 4.21. The van der Waals surface area contributed by atoms with E-state index in [1.807, 2.05) is 6.92 Å². The number of carbonyl (C=O) groups excluding carboxylic acids is 1. The van der Waals surface area contributed by atoms with E-state index in [1.165, 1.54) is 16.9 Å². The Morgan fingerprint density at radius 1 is 1.17 bits per heavy atom. The van der Waals surface area contributed by atoms with Gasteiger partial charge in [-0.1, -0.05) is 38.1 Å². The first-order chi connectivity index (χ1) is 8.65. The minimum atomic E-state index is 0.112. The van der Waals surface area contributed by atoms with Crippen molar-refractivity contribution in [1.82, 2.24) is 4.98 Å².